The molecular formula is C19H22N2O5S. The van der Waals surface area contributed by atoms with Crippen molar-refractivity contribution in [2.24, 2.45) is 0 Å². The van der Waals surface area contributed by atoms with Crippen molar-refractivity contribution in [3.63, 3.8) is 0 Å². The largest absolute Gasteiger partial charge is 0.504 e. The van der Waals surface area contributed by atoms with Crippen LogP contribution in [0.15, 0.2) is 23.1 Å². The molecule has 1 aromatic rings. The number of amides is 3. The van der Waals surface area contributed by atoms with Crippen LogP contribution >= 0.6 is 11.8 Å². The standard InChI is InChI=1S/C19H22N2O5S/c1-26-14-8-6-7-13(17(14)23)11-15-18(24)21(19(25)27-15)12-16(22)20-9-4-2-3-5-10-20/h6-8,11,23H,2-5,9-10,12H2,1H3. The van der Waals surface area contributed by atoms with Crippen LogP contribution in [0.1, 0.15) is 31.2 Å². The van der Waals surface area contributed by atoms with Crippen molar-refractivity contribution < 1.29 is 24.2 Å². The molecule has 2 heterocycles. The predicted molar refractivity (Wildman–Crippen MR) is 102 cm³/mol. The molecule has 0 spiro atoms. The first-order valence-corrected chi connectivity index (χ1v) is 9.72. The van der Waals surface area contributed by atoms with Gasteiger partial charge in [-0.2, -0.15) is 0 Å². The summed E-state index contributed by atoms with van der Waals surface area (Å²) in [5.74, 6) is -0.549. The van der Waals surface area contributed by atoms with Gasteiger partial charge < -0.3 is 14.7 Å². The van der Waals surface area contributed by atoms with Crippen molar-refractivity contribution in [3.8, 4) is 11.5 Å². The topological polar surface area (TPSA) is 87.2 Å². The zero-order chi connectivity index (χ0) is 19.4. The highest BCUT2D eigenvalue weighted by molar-refractivity contribution is 8.18. The van der Waals surface area contributed by atoms with Gasteiger partial charge in [0, 0.05) is 18.7 Å². The van der Waals surface area contributed by atoms with Crippen molar-refractivity contribution >= 4 is 34.9 Å². The number of likely N-dealkylation sites (tertiary alicyclic amines) is 1. The average molecular weight is 390 g/mol. The van der Waals surface area contributed by atoms with E-state index < -0.39 is 11.1 Å². The minimum absolute atomic E-state index is 0.104. The molecule has 144 valence electrons. The molecule has 2 saturated heterocycles. The fraction of sp³-hybridized carbons (Fsp3) is 0.421. The first-order valence-electron chi connectivity index (χ1n) is 8.90. The number of phenols is 1. The Morgan fingerprint density at radius 3 is 2.59 bits per heavy atom. The van der Waals surface area contributed by atoms with E-state index in [-0.39, 0.29) is 28.9 Å². The summed E-state index contributed by atoms with van der Waals surface area (Å²) >= 11 is 0.767. The number of phenolic OH excluding ortho intramolecular Hbond substituents is 1. The number of carbonyl (C=O) groups is 3. The lowest BCUT2D eigenvalue weighted by molar-refractivity contribution is -0.135. The number of thioether (sulfide) groups is 1. The zero-order valence-electron chi connectivity index (χ0n) is 15.1. The third-order valence-corrected chi connectivity index (χ3v) is 5.57. The molecular weight excluding hydrogens is 368 g/mol. The van der Waals surface area contributed by atoms with Gasteiger partial charge in [-0.3, -0.25) is 19.3 Å². The van der Waals surface area contributed by atoms with Gasteiger partial charge in [-0.1, -0.05) is 25.0 Å². The third kappa shape index (κ3) is 4.27. The Bertz CT molecular complexity index is 784. The summed E-state index contributed by atoms with van der Waals surface area (Å²) in [6, 6.07) is 4.89. The second kappa shape index (κ2) is 8.47. The number of nitrogens with zero attached hydrogens (tertiary/aromatic N) is 2. The van der Waals surface area contributed by atoms with Gasteiger partial charge in [-0.05, 0) is 36.7 Å². The SMILES string of the molecule is COc1cccc(C=C2SC(=O)N(CC(=O)N3CCCCCC3)C2=O)c1O. The lowest BCUT2D eigenvalue weighted by Gasteiger charge is -2.22. The van der Waals surface area contributed by atoms with Crippen LogP contribution in [0, 0.1) is 0 Å². The Kier molecular flexibility index (Phi) is 6.05. The van der Waals surface area contributed by atoms with Gasteiger partial charge in [0.15, 0.2) is 11.5 Å². The number of aromatic hydroxyl groups is 1. The van der Waals surface area contributed by atoms with Crippen molar-refractivity contribution in [2.75, 3.05) is 26.7 Å². The van der Waals surface area contributed by atoms with Crippen LogP contribution < -0.4 is 4.74 Å². The molecule has 1 aromatic carbocycles. The second-order valence-electron chi connectivity index (χ2n) is 6.46. The fourth-order valence-corrected chi connectivity index (χ4v) is 3.98. The summed E-state index contributed by atoms with van der Waals surface area (Å²) in [6.07, 6.45) is 5.53. The van der Waals surface area contributed by atoms with Gasteiger partial charge >= 0.3 is 0 Å². The van der Waals surface area contributed by atoms with E-state index in [0.29, 0.717) is 18.7 Å². The van der Waals surface area contributed by atoms with E-state index in [4.69, 9.17) is 4.74 Å². The summed E-state index contributed by atoms with van der Waals surface area (Å²) < 4.78 is 5.05. The Labute approximate surface area is 162 Å². The lowest BCUT2D eigenvalue weighted by atomic mass is 10.1. The highest BCUT2D eigenvalue weighted by Crippen LogP contribution is 2.36. The number of ether oxygens (including phenoxy) is 1. The van der Waals surface area contributed by atoms with E-state index in [1.165, 1.54) is 13.2 Å². The third-order valence-electron chi connectivity index (χ3n) is 4.66. The number of carbonyl (C=O) groups excluding carboxylic acids is 3. The first-order chi connectivity index (χ1) is 13.0. The highest BCUT2D eigenvalue weighted by atomic mass is 32.2. The molecule has 0 atom stereocenters. The van der Waals surface area contributed by atoms with Crippen LogP contribution in [-0.2, 0) is 9.59 Å². The Morgan fingerprint density at radius 2 is 1.93 bits per heavy atom. The van der Waals surface area contributed by atoms with Crippen molar-refractivity contribution in [3.05, 3.63) is 28.7 Å². The number of hydrogen-bond acceptors (Lipinski definition) is 6. The summed E-state index contributed by atoms with van der Waals surface area (Å²) in [4.78, 5) is 40.2. The molecule has 0 unspecified atom stereocenters. The lowest BCUT2D eigenvalue weighted by Crippen LogP contribution is -2.42. The fourth-order valence-electron chi connectivity index (χ4n) is 3.15. The van der Waals surface area contributed by atoms with Crippen molar-refractivity contribution in [1.82, 2.24) is 9.80 Å². The molecule has 2 aliphatic rings. The average Bonchev–Trinajstić information content (AvgIpc) is 2.87. The number of imide groups is 1. The molecule has 0 bridgehead atoms. The zero-order valence-corrected chi connectivity index (χ0v) is 16.0. The van der Waals surface area contributed by atoms with Crippen LogP contribution in [0.4, 0.5) is 4.79 Å². The molecule has 2 aliphatic heterocycles. The maximum Gasteiger partial charge on any atom is 0.294 e. The summed E-state index contributed by atoms with van der Waals surface area (Å²) in [6.45, 7) is 1.09. The van der Waals surface area contributed by atoms with Gasteiger partial charge in [0.05, 0.1) is 12.0 Å². The van der Waals surface area contributed by atoms with E-state index in [1.54, 1.807) is 23.1 Å². The summed E-state index contributed by atoms with van der Waals surface area (Å²) in [7, 11) is 1.43. The second-order valence-corrected chi connectivity index (χ2v) is 7.45. The molecule has 7 nitrogen and oxygen atoms in total. The van der Waals surface area contributed by atoms with E-state index in [1.807, 2.05) is 0 Å². The molecule has 0 aliphatic carbocycles. The molecule has 27 heavy (non-hydrogen) atoms. The van der Waals surface area contributed by atoms with Crippen molar-refractivity contribution in [1.29, 1.82) is 0 Å². The van der Waals surface area contributed by atoms with Crippen molar-refractivity contribution in [2.45, 2.75) is 25.7 Å². The van der Waals surface area contributed by atoms with Gasteiger partial charge in [-0.15, -0.1) is 0 Å². The van der Waals surface area contributed by atoms with Crippen LogP contribution in [-0.4, -0.2) is 58.7 Å². The number of hydrogen-bond donors (Lipinski definition) is 1. The normalized spacial score (nSPS) is 19.5. The minimum atomic E-state index is -0.518. The van der Waals surface area contributed by atoms with E-state index in [0.717, 1.165) is 42.3 Å². The molecule has 3 amide bonds. The van der Waals surface area contributed by atoms with Gasteiger partial charge in [0.2, 0.25) is 5.91 Å². The quantitative estimate of drug-likeness (QED) is 0.796. The number of benzene rings is 1. The number of methoxy groups -OCH3 is 1. The molecule has 0 aromatic heterocycles. The smallest absolute Gasteiger partial charge is 0.294 e. The molecule has 0 radical (unpaired) electrons. The van der Waals surface area contributed by atoms with Crippen LogP contribution in [0.3, 0.4) is 0 Å². The Balaban J connectivity index is 1.74. The van der Waals surface area contributed by atoms with Crippen LogP contribution in [0.25, 0.3) is 6.08 Å². The van der Waals surface area contributed by atoms with E-state index >= 15 is 0 Å². The van der Waals surface area contributed by atoms with Gasteiger partial charge in [0.25, 0.3) is 11.1 Å². The summed E-state index contributed by atoms with van der Waals surface area (Å²) in [5, 5.41) is 9.68. The molecule has 8 heteroatoms. The first kappa shape index (κ1) is 19.3. The van der Waals surface area contributed by atoms with E-state index in [9.17, 15) is 19.5 Å². The van der Waals surface area contributed by atoms with Crippen LogP contribution in [0.2, 0.25) is 0 Å². The number of para-hydroxylation sites is 1. The van der Waals surface area contributed by atoms with Gasteiger partial charge in [-0.25, -0.2) is 0 Å². The summed E-state index contributed by atoms with van der Waals surface area (Å²) in [5.41, 5.74) is 0.374. The maximum absolute atomic E-state index is 12.6. The molecule has 1 N–H and O–H groups in total. The van der Waals surface area contributed by atoms with E-state index in [2.05, 4.69) is 0 Å². The molecule has 3 rings (SSSR count). The molecule has 2 fully saturated rings. The predicted octanol–water partition coefficient (Wildman–Crippen LogP) is 2.84. The number of rotatable bonds is 4. The maximum atomic E-state index is 12.6. The molecule has 0 saturated carbocycles. The Hall–Kier alpha value is -2.48. The monoisotopic (exact) mass is 390 g/mol. The van der Waals surface area contributed by atoms with Gasteiger partial charge in [0.1, 0.15) is 6.54 Å². The minimum Gasteiger partial charge on any atom is -0.504 e. The Morgan fingerprint density at radius 1 is 1.22 bits per heavy atom. The highest BCUT2D eigenvalue weighted by Gasteiger charge is 2.37. The van der Waals surface area contributed by atoms with Crippen LogP contribution in [0.5, 0.6) is 11.5 Å².